The first-order chi connectivity index (χ1) is 8.15. The molecule has 0 saturated carbocycles. The van der Waals surface area contributed by atoms with Crippen LogP contribution in [0.25, 0.3) is 0 Å². The Morgan fingerprint density at radius 1 is 1.12 bits per heavy atom. The molecule has 0 fully saturated rings. The lowest BCUT2D eigenvalue weighted by molar-refractivity contribution is 0.102. The largest absolute Gasteiger partial charge is 0.321 e. The van der Waals surface area contributed by atoms with Crippen LogP contribution in [0.1, 0.15) is 16.2 Å². The molecule has 0 saturated heterocycles. The van der Waals surface area contributed by atoms with E-state index >= 15 is 0 Å². The predicted molar refractivity (Wildman–Crippen MR) is 61.1 cm³/mol. The summed E-state index contributed by atoms with van der Waals surface area (Å²) in [4.78, 5) is 11.7. The van der Waals surface area contributed by atoms with Crippen LogP contribution in [0.4, 0.5) is 10.1 Å². The number of aryl methyl sites for hydroxylation is 1. The molecule has 0 atom stereocenters. The number of anilines is 1. The molecule has 17 heavy (non-hydrogen) atoms. The van der Waals surface area contributed by atoms with Crippen LogP contribution < -0.4 is 5.32 Å². The minimum atomic E-state index is -0.371. The molecular formula is C12H10FN3O. The lowest BCUT2D eigenvalue weighted by atomic mass is 10.3. The molecule has 0 spiro atoms. The van der Waals surface area contributed by atoms with Crippen LogP contribution in [-0.4, -0.2) is 16.1 Å². The summed E-state index contributed by atoms with van der Waals surface area (Å²) in [5.74, 6) is -0.720. The second-order valence-electron chi connectivity index (χ2n) is 3.52. The molecule has 0 aliphatic rings. The average molecular weight is 231 g/mol. The first-order valence-electron chi connectivity index (χ1n) is 5.02. The highest BCUT2D eigenvalue weighted by Crippen LogP contribution is 2.09. The summed E-state index contributed by atoms with van der Waals surface area (Å²) < 4.78 is 12.7. The van der Waals surface area contributed by atoms with Gasteiger partial charge in [-0.1, -0.05) is 0 Å². The number of hydrogen-bond donors (Lipinski definition) is 1. The molecule has 0 aliphatic heterocycles. The van der Waals surface area contributed by atoms with Crippen LogP contribution in [0.2, 0.25) is 0 Å². The molecule has 1 amide bonds. The SMILES string of the molecule is Cc1ccc(C(=O)Nc2ccc(F)cc2)nn1. The molecule has 86 valence electrons. The molecule has 0 bridgehead atoms. The Hall–Kier alpha value is -2.30. The van der Waals surface area contributed by atoms with Gasteiger partial charge in [-0.25, -0.2) is 4.39 Å². The fourth-order valence-corrected chi connectivity index (χ4v) is 1.25. The molecule has 0 aliphatic carbocycles. The molecule has 0 radical (unpaired) electrons. The monoisotopic (exact) mass is 231 g/mol. The van der Waals surface area contributed by atoms with Crippen LogP contribution in [-0.2, 0) is 0 Å². The van der Waals surface area contributed by atoms with Gasteiger partial charge in [0.1, 0.15) is 5.82 Å². The number of nitrogens with zero attached hydrogens (tertiary/aromatic N) is 2. The topological polar surface area (TPSA) is 54.9 Å². The third-order valence-electron chi connectivity index (χ3n) is 2.13. The zero-order valence-corrected chi connectivity index (χ0v) is 9.14. The van der Waals surface area contributed by atoms with Crippen molar-refractivity contribution in [3.8, 4) is 0 Å². The number of carbonyl (C=O) groups excluding carboxylic acids is 1. The van der Waals surface area contributed by atoms with E-state index in [2.05, 4.69) is 15.5 Å². The van der Waals surface area contributed by atoms with E-state index in [-0.39, 0.29) is 17.4 Å². The Morgan fingerprint density at radius 2 is 1.82 bits per heavy atom. The van der Waals surface area contributed by atoms with Gasteiger partial charge in [0.25, 0.3) is 5.91 Å². The van der Waals surface area contributed by atoms with Gasteiger partial charge in [-0.2, -0.15) is 5.10 Å². The average Bonchev–Trinajstić information content (AvgIpc) is 2.33. The Labute approximate surface area is 97.5 Å². The van der Waals surface area contributed by atoms with E-state index in [4.69, 9.17) is 0 Å². The van der Waals surface area contributed by atoms with Crippen LogP contribution in [0.5, 0.6) is 0 Å². The van der Waals surface area contributed by atoms with Crippen molar-refractivity contribution in [1.82, 2.24) is 10.2 Å². The number of rotatable bonds is 2. The quantitative estimate of drug-likeness (QED) is 0.861. The van der Waals surface area contributed by atoms with E-state index < -0.39 is 0 Å². The van der Waals surface area contributed by atoms with Crippen molar-refractivity contribution >= 4 is 11.6 Å². The highest BCUT2D eigenvalue weighted by atomic mass is 19.1. The number of amides is 1. The van der Waals surface area contributed by atoms with Gasteiger partial charge in [0.2, 0.25) is 0 Å². The minimum absolute atomic E-state index is 0.222. The molecule has 2 aromatic rings. The third-order valence-corrected chi connectivity index (χ3v) is 2.13. The van der Waals surface area contributed by atoms with Crippen molar-refractivity contribution < 1.29 is 9.18 Å². The van der Waals surface area contributed by atoms with Crippen LogP contribution in [0, 0.1) is 12.7 Å². The summed E-state index contributed by atoms with van der Waals surface area (Å²) >= 11 is 0. The van der Waals surface area contributed by atoms with E-state index in [1.165, 1.54) is 24.3 Å². The van der Waals surface area contributed by atoms with Crippen molar-refractivity contribution in [2.75, 3.05) is 5.32 Å². The molecule has 1 N–H and O–H groups in total. The molecule has 1 heterocycles. The van der Waals surface area contributed by atoms with Crippen LogP contribution in [0.3, 0.4) is 0 Å². The lowest BCUT2D eigenvalue weighted by Crippen LogP contribution is -2.14. The number of halogens is 1. The summed E-state index contributed by atoms with van der Waals surface area (Å²) in [5.41, 5.74) is 1.47. The van der Waals surface area contributed by atoms with Crippen molar-refractivity contribution in [3.63, 3.8) is 0 Å². The summed E-state index contributed by atoms with van der Waals surface area (Å²) in [7, 11) is 0. The van der Waals surface area contributed by atoms with Crippen molar-refractivity contribution in [2.24, 2.45) is 0 Å². The van der Waals surface area contributed by atoms with Gasteiger partial charge in [-0.15, -0.1) is 5.10 Å². The molecule has 4 nitrogen and oxygen atoms in total. The fourth-order valence-electron chi connectivity index (χ4n) is 1.25. The summed E-state index contributed by atoms with van der Waals surface area (Å²) in [6.07, 6.45) is 0. The van der Waals surface area contributed by atoms with Gasteiger partial charge in [-0.05, 0) is 43.3 Å². The first kappa shape index (κ1) is 11.2. The highest BCUT2D eigenvalue weighted by Gasteiger charge is 2.07. The van der Waals surface area contributed by atoms with E-state index in [0.717, 1.165) is 5.69 Å². The van der Waals surface area contributed by atoms with Crippen LogP contribution >= 0.6 is 0 Å². The highest BCUT2D eigenvalue weighted by molar-refractivity contribution is 6.02. The van der Waals surface area contributed by atoms with E-state index in [9.17, 15) is 9.18 Å². The second-order valence-corrected chi connectivity index (χ2v) is 3.52. The second kappa shape index (κ2) is 4.69. The van der Waals surface area contributed by atoms with Crippen molar-refractivity contribution in [3.05, 3.63) is 53.6 Å². The van der Waals surface area contributed by atoms with Gasteiger partial charge >= 0.3 is 0 Å². The van der Waals surface area contributed by atoms with E-state index in [1.54, 1.807) is 19.1 Å². The molecule has 1 aromatic carbocycles. The fraction of sp³-hybridized carbons (Fsp3) is 0.0833. The summed E-state index contributed by atoms with van der Waals surface area (Å²) in [6.45, 7) is 1.79. The zero-order chi connectivity index (χ0) is 12.3. The van der Waals surface area contributed by atoms with Gasteiger partial charge in [0.05, 0.1) is 5.69 Å². The molecule has 0 unspecified atom stereocenters. The molecule has 5 heteroatoms. The molecular weight excluding hydrogens is 221 g/mol. The maximum atomic E-state index is 12.7. The maximum absolute atomic E-state index is 12.7. The maximum Gasteiger partial charge on any atom is 0.276 e. The Bertz CT molecular complexity index is 522. The van der Waals surface area contributed by atoms with Gasteiger partial charge in [0.15, 0.2) is 5.69 Å². The molecule has 1 aromatic heterocycles. The Morgan fingerprint density at radius 3 is 2.41 bits per heavy atom. The number of aromatic nitrogens is 2. The van der Waals surface area contributed by atoms with Gasteiger partial charge < -0.3 is 5.32 Å². The van der Waals surface area contributed by atoms with E-state index in [1.807, 2.05) is 0 Å². The standard InChI is InChI=1S/C12H10FN3O/c1-8-2-7-11(16-15-8)12(17)14-10-5-3-9(13)4-6-10/h2-7H,1H3,(H,14,17). The first-order valence-corrected chi connectivity index (χ1v) is 5.02. The number of carbonyl (C=O) groups is 1. The van der Waals surface area contributed by atoms with E-state index in [0.29, 0.717) is 5.69 Å². The Kier molecular flexibility index (Phi) is 3.09. The van der Waals surface area contributed by atoms with Crippen molar-refractivity contribution in [1.29, 1.82) is 0 Å². The predicted octanol–water partition coefficient (Wildman–Crippen LogP) is 2.18. The van der Waals surface area contributed by atoms with Crippen molar-refractivity contribution in [2.45, 2.75) is 6.92 Å². The van der Waals surface area contributed by atoms with Gasteiger partial charge in [-0.3, -0.25) is 4.79 Å². The smallest absolute Gasteiger partial charge is 0.276 e. The van der Waals surface area contributed by atoms with Crippen LogP contribution in [0.15, 0.2) is 36.4 Å². The number of nitrogens with one attached hydrogen (secondary N) is 1. The summed E-state index contributed by atoms with van der Waals surface area (Å²) in [5, 5.41) is 10.1. The third kappa shape index (κ3) is 2.84. The number of benzene rings is 1. The normalized spacial score (nSPS) is 10.0. The zero-order valence-electron chi connectivity index (χ0n) is 9.14. The molecule has 2 rings (SSSR count). The van der Waals surface area contributed by atoms with Gasteiger partial charge in [0, 0.05) is 5.69 Å². The Balaban J connectivity index is 2.11. The summed E-state index contributed by atoms with van der Waals surface area (Å²) in [6, 6.07) is 8.80. The minimum Gasteiger partial charge on any atom is -0.321 e. The lowest BCUT2D eigenvalue weighted by Gasteiger charge is -2.03. The number of hydrogen-bond acceptors (Lipinski definition) is 3.